The van der Waals surface area contributed by atoms with Crippen molar-refractivity contribution in [3.8, 4) is 0 Å². The van der Waals surface area contributed by atoms with E-state index in [0.29, 0.717) is 29.7 Å². The molecular weight excluding hydrogens is 392 g/mol. The van der Waals surface area contributed by atoms with Gasteiger partial charge in [0.25, 0.3) is 0 Å². The Kier molecular flexibility index (Phi) is 6.00. The molecule has 1 atom stereocenters. The molecule has 1 N–H and O–H groups in total. The van der Waals surface area contributed by atoms with Gasteiger partial charge in [0.05, 0.1) is 11.7 Å². The van der Waals surface area contributed by atoms with Crippen LogP contribution < -0.4 is 5.32 Å². The average Bonchev–Trinajstić information content (AvgIpc) is 3.17. The highest BCUT2D eigenvalue weighted by molar-refractivity contribution is 6.11. The minimum Gasteiger partial charge on any atom is -0.451 e. The van der Waals surface area contributed by atoms with E-state index in [1.165, 1.54) is 6.92 Å². The summed E-state index contributed by atoms with van der Waals surface area (Å²) in [5.74, 6) is -0.112. The van der Waals surface area contributed by atoms with Crippen molar-refractivity contribution in [2.75, 3.05) is 18.4 Å². The second-order valence-electron chi connectivity index (χ2n) is 8.06. The fourth-order valence-electron chi connectivity index (χ4n) is 4.20. The normalized spacial score (nSPS) is 16.2. The highest BCUT2D eigenvalue weighted by Crippen LogP contribution is 2.31. The zero-order chi connectivity index (χ0) is 22.0. The first-order valence-electron chi connectivity index (χ1n) is 10.6. The van der Waals surface area contributed by atoms with E-state index in [4.69, 9.17) is 4.42 Å². The molecule has 0 radical (unpaired) electrons. The van der Waals surface area contributed by atoms with Crippen molar-refractivity contribution in [1.82, 2.24) is 4.90 Å². The fraction of sp³-hybridized carbons (Fsp3) is 0.320. The predicted molar refractivity (Wildman–Crippen MR) is 119 cm³/mol. The maximum atomic E-state index is 13.0. The fourth-order valence-corrected chi connectivity index (χ4v) is 4.20. The van der Waals surface area contributed by atoms with Gasteiger partial charge in [-0.25, -0.2) is 0 Å². The highest BCUT2D eigenvalue weighted by atomic mass is 16.3. The molecule has 2 aromatic carbocycles. The summed E-state index contributed by atoms with van der Waals surface area (Å²) in [5, 5.41) is 3.62. The molecule has 1 aromatic heterocycles. The quantitative estimate of drug-likeness (QED) is 0.594. The number of ketones is 2. The third-order valence-corrected chi connectivity index (χ3v) is 6.05. The van der Waals surface area contributed by atoms with Gasteiger partial charge < -0.3 is 9.73 Å². The zero-order valence-corrected chi connectivity index (χ0v) is 17.8. The van der Waals surface area contributed by atoms with E-state index < -0.39 is 0 Å². The van der Waals surface area contributed by atoms with E-state index in [0.717, 1.165) is 18.4 Å². The van der Waals surface area contributed by atoms with E-state index in [1.54, 1.807) is 6.07 Å². The largest absolute Gasteiger partial charge is 0.451 e. The Morgan fingerprint density at radius 1 is 1.00 bits per heavy atom. The molecule has 0 saturated carbocycles. The number of carbonyl (C=O) groups excluding carboxylic acids is 3. The van der Waals surface area contributed by atoms with Crippen molar-refractivity contribution in [3.05, 3.63) is 65.9 Å². The number of Topliss-reactive ketones (excluding diaryl/α,β-unsaturated/α-hetero) is 2. The van der Waals surface area contributed by atoms with Crippen LogP contribution in [0.15, 0.2) is 59.0 Å². The van der Waals surface area contributed by atoms with E-state index in [-0.39, 0.29) is 35.2 Å². The standard InChI is InChI=1S/C25H26N2O4/c1-16(27-14-12-19(13-15-27)23(29)18-8-4-3-5-9-18)25(30)26-22-20-10-6-7-11-21(20)31-24(22)17(2)28/h3-11,16,19H,12-15H2,1-2H3,(H,26,30). The van der Waals surface area contributed by atoms with Crippen LogP contribution in [0.3, 0.4) is 0 Å². The van der Waals surface area contributed by atoms with Gasteiger partial charge in [-0.05, 0) is 45.0 Å². The second kappa shape index (κ2) is 8.86. The smallest absolute Gasteiger partial charge is 0.241 e. The van der Waals surface area contributed by atoms with Gasteiger partial charge in [-0.3, -0.25) is 19.3 Å². The summed E-state index contributed by atoms with van der Waals surface area (Å²) in [6, 6.07) is 16.2. The number of rotatable bonds is 6. The maximum Gasteiger partial charge on any atom is 0.241 e. The molecule has 4 rings (SSSR count). The summed E-state index contributed by atoms with van der Waals surface area (Å²) in [6.45, 7) is 4.61. The van der Waals surface area contributed by atoms with Gasteiger partial charge >= 0.3 is 0 Å². The number of nitrogens with zero attached hydrogens (tertiary/aromatic N) is 1. The Bertz CT molecular complexity index is 1110. The van der Waals surface area contributed by atoms with Gasteiger partial charge in [0.2, 0.25) is 5.91 Å². The molecule has 1 amide bonds. The van der Waals surface area contributed by atoms with E-state index in [2.05, 4.69) is 10.2 Å². The molecule has 160 valence electrons. The van der Waals surface area contributed by atoms with E-state index in [9.17, 15) is 14.4 Å². The minimum absolute atomic E-state index is 0.0176. The number of para-hydroxylation sites is 1. The van der Waals surface area contributed by atoms with E-state index >= 15 is 0 Å². The Morgan fingerprint density at radius 3 is 2.32 bits per heavy atom. The molecule has 0 spiro atoms. The minimum atomic E-state index is -0.388. The molecule has 1 fully saturated rings. The molecule has 0 aliphatic carbocycles. The van der Waals surface area contributed by atoms with Crippen LogP contribution in [0.1, 0.15) is 47.6 Å². The zero-order valence-electron chi connectivity index (χ0n) is 17.8. The van der Waals surface area contributed by atoms with Gasteiger partial charge in [-0.2, -0.15) is 0 Å². The summed E-state index contributed by atoms with van der Waals surface area (Å²) in [6.07, 6.45) is 1.44. The number of anilines is 1. The Balaban J connectivity index is 1.42. The van der Waals surface area contributed by atoms with Crippen LogP contribution >= 0.6 is 0 Å². The van der Waals surface area contributed by atoms with Gasteiger partial charge in [0.15, 0.2) is 17.3 Å². The molecule has 31 heavy (non-hydrogen) atoms. The topological polar surface area (TPSA) is 79.6 Å². The van der Waals surface area contributed by atoms with Crippen LogP contribution in [0.25, 0.3) is 11.0 Å². The summed E-state index contributed by atoms with van der Waals surface area (Å²) in [7, 11) is 0. The number of amides is 1. The van der Waals surface area contributed by atoms with Crippen molar-refractivity contribution in [1.29, 1.82) is 0 Å². The van der Waals surface area contributed by atoms with Gasteiger partial charge in [-0.1, -0.05) is 42.5 Å². The van der Waals surface area contributed by atoms with Crippen molar-refractivity contribution in [2.24, 2.45) is 5.92 Å². The van der Waals surface area contributed by atoms with Gasteiger partial charge in [-0.15, -0.1) is 0 Å². The first-order valence-corrected chi connectivity index (χ1v) is 10.6. The van der Waals surface area contributed by atoms with Gasteiger partial charge in [0.1, 0.15) is 5.58 Å². The van der Waals surface area contributed by atoms with E-state index in [1.807, 2.05) is 55.5 Å². The molecule has 2 heterocycles. The lowest BCUT2D eigenvalue weighted by atomic mass is 9.88. The number of hydrogen-bond acceptors (Lipinski definition) is 5. The third kappa shape index (κ3) is 4.30. The van der Waals surface area contributed by atoms with Crippen molar-refractivity contribution in [3.63, 3.8) is 0 Å². The third-order valence-electron chi connectivity index (χ3n) is 6.05. The average molecular weight is 418 g/mol. The van der Waals surface area contributed by atoms with Crippen LogP contribution in [-0.2, 0) is 4.79 Å². The Hall–Kier alpha value is -3.25. The summed E-state index contributed by atoms with van der Waals surface area (Å²) in [5.41, 5.74) is 1.74. The van der Waals surface area contributed by atoms with Crippen molar-refractivity contribution in [2.45, 2.75) is 32.7 Å². The number of benzene rings is 2. The molecule has 1 aliphatic heterocycles. The molecule has 0 bridgehead atoms. The molecule has 1 unspecified atom stereocenters. The molecule has 1 aliphatic rings. The molecule has 1 saturated heterocycles. The number of likely N-dealkylation sites (tertiary alicyclic amines) is 1. The second-order valence-corrected chi connectivity index (χ2v) is 8.06. The summed E-state index contributed by atoms with van der Waals surface area (Å²) < 4.78 is 5.65. The molecule has 6 nitrogen and oxygen atoms in total. The number of furan rings is 1. The number of nitrogens with one attached hydrogen (secondary N) is 1. The van der Waals surface area contributed by atoms with Crippen LogP contribution in [0, 0.1) is 5.92 Å². The maximum absolute atomic E-state index is 13.0. The first-order chi connectivity index (χ1) is 15.0. The number of carbonyl (C=O) groups is 3. The number of hydrogen-bond donors (Lipinski definition) is 1. The van der Waals surface area contributed by atoms with Crippen LogP contribution in [0.4, 0.5) is 5.69 Å². The lowest BCUT2D eigenvalue weighted by Gasteiger charge is -2.34. The van der Waals surface area contributed by atoms with Crippen LogP contribution in [0.5, 0.6) is 0 Å². The Morgan fingerprint density at radius 2 is 1.65 bits per heavy atom. The van der Waals surface area contributed by atoms with Crippen molar-refractivity contribution < 1.29 is 18.8 Å². The number of fused-ring (bicyclic) bond motifs is 1. The predicted octanol–water partition coefficient (Wildman–Crippen LogP) is 4.56. The monoisotopic (exact) mass is 418 g/mol. The Labute approximate surface area is 181 Å². The summed E-state index contributed by atoms with van der Waals surface area (Å²) in [4.78, 5) is 39.8. The summed E-state index contributed by atoms with van der Waals surface area (Å²) >= 11 is 0. The first kappa shape index (κ1) is 21.0. The van der Waals surface area contributed by atoms with Crippen LogP contribution in [0.2, 0.25) is 0 Å². The molecule has 3 aromatic rings. The molecular formula is C25H26N2O4. The highest BCUT2D eigenvalue weighted by Gasteiger charge is 2.31. The lowest BCUT2D eigenvalue weighted by Crippen LogP contribution is -2.47. The molecule has 6 heteroatoms. The SMILES string of the molecule is CC(=O)c1oc2ccccc2c1NC(=O)C(C)N1CCC(C(=O)c2ccccc2)CC1. The van der Waals surface area contributed by atoms with Crippen molar-refractivity contribution >= 4 is 34.1 Å². The lowest BCUT2D eigenvalue weighted by molar-refractivity contribution is -0.121. The van der Waals surface area contributed by atoms with Crippen LogP contribution in [-0.4, -0.2) is 41.5 Å². The number of piperidine rings is 1. The van der Waals surface area contributed by atoms with Gasteiger partial charge in [0, 0.05) is 23.8 Å².